The van der Waals surface area contributed by atoms with E-state index in [0.717, 1.165) is 0 Å². The molecule has 106 valence electrons. The molecular formula is C12H23NO5. The van der Waals surface area contributed by atoms with Gasteiger partial charge in [0.1, 0.15) is 5.60 Å². The zero-order valence-electron chi connectivity index (χ0n) is 11.7. The number of carbonyl (C=O) groups is 2. The van der Waals surface area contributed by atoms with Crippen LogP contribution in [0.15, 0.2) is 0 Å². The first kappa shape index (κ1) is 16.7. The molecule has 0 saturated carbocycles. The van der Waals surface area contributed by atoms with Crippen LogP contribution in [0.3, 0.4) is 0 Å². The molecule has 0 fully saturated rings. The minimum Gasteiger partial charge on any atom is -0.481 e. The average molecular weight is 261 g/mol. The summed E-state index contributed by atoms with van der Waals surface area (Å²) in [4.78, 5) is 22.5. The van der Waals surface area contributed by atoms with E-state index in [4.69, 9.17) is 14.6 Å². The molecule has 0 rings (SSSR count). The number of hydrogen-bond acceptors (Lipinski definition) is 4. The van der Waals surface area contributed by atoms with Crippen LogP contribution in [0.2, 0.25) is 0 Å². The maximum Gasteiger partial charge on any atom is 0.408 e. The molecule has 0 bridgehead atoms. The van der Waals surface area contributed by atoms with Crippen LogP contribution in [-0.2, 0) is 14.3 Å². The summed E-state index contributed by atoms with van der Waals surface area (Å²) in [5, 5.41) is 11.5. The minimum absolute atomic E-state index is 0.185. The van der Waals surface area contributed by atoms with E-state index in [2.05, 4.69) is 5.32 Å². The van der Waals surface area contributed by atoms with E-state index in [0.29, 0.717) is 13.0 Å². The van der Waals surface area contributed by atoms with Gasteiger partial charge in [0.05, 0.1) is 12.0 Å². The highest BCUT2D eigenvalue weighted by atomic mass is 16.6. The van der Waals surface area contributed by atoms with Gasteiger partial charge in [-0.15, -0.1) is 0 Å². The summed E-state index contributed by atoms with van der Waals surface area (Å²) < 4.78 is 10.0. The lowest BCUT2D eigenvalue weighted by molar-refractivity contribution is -0.138. The smallest absolute Gasteiger partial charge is 0.408 e. The fraction of sp³-hybridized carbons (Fsp3) is 0.833. The highest BCUT2D eigenvalue weighted by molar-refractivity contribution is 5.72. The zero-order chi connectivity index (χ0) is 14.4. The van der Waals surface area contributed by atoms with Crippen molar-refractivity contribution in [3.8, 4) is 0 Å². The molecule has 6 heteroatoms. The van der Waals surface area contributed by atoms with Crippen molar-refractivity contribution in [3.63, 3.8) is 0 Å². The van der Waals surface area contributed by atoms with Crippen LogP contribution in [0.5, 0.6) is 0 Å². The van der Waals surface area contributed by atoms with Crippen molar-refractivity contribution in [1.82, 2.24) is 5.32 Å². The molecule has 1 unspecified atom stereocenters. The molecule has 6 nitrogen and oxygen atoms in total. The van der Waals surface area contributed by atoms with Gasteiger partial charge in [-0.3, -0.25) is 4.79 Å². The van der Waals surface area contributed by atoms with Crippen LogP contribution in [0.1, 0.15) is 40.5 Å². The van der Waals surface area contributed by atoms with Gasteiger partial charge in [0, 0.05) is 13.7 Å². The number of ether oxygens (including phenoxy) is 2. The second kappa shape index (κ2) is 6.58. The lowest BCUT2D eigenvalue weighted by atomic mass is 9.94. The Hall–Kier alpha value is -1.30. The topological polar surface area (TPSA) is 84.9 Å². The summed E-state index contributed by atoms with van der Waals surface area (Å²) in [6.07, 6.45) is -0.410. The first-order valence-electron chi connectivity index (χ1n) is 5.80. The standard InChI is InChI=1S/C12H23NO5/c1-11(2,3)18-10(16)13-12(4,6-7-17-5)8-9(14)15/h6-8H2,1-5H3,(H,13,16)(H,14,15). The number of carbonyl (C=O) groups excluding carboxylic acids is 1. The normalized spacial score (nSPS) is 14.7. The van der Waals surface area contributed by atoms with E-state index in [1.165, 1.54) is 7.11 Å². The summed E-state index contributed by atoms with van der Waals surface area (Å²) in [6, 6.07) is 0. The summed E-state index contributed by atoms with van der Waals surface area (Å²) in [5.74, 6) is -0.982. The van der Waals surface area contributed by atoms with Gasteiger partial charge in [0.25, 0.3) is 0 Å². The molecule has 0 aromatic heterocycles. The van der Waals surface area contributed by atoms with Gasteiger partial charge < -0.3 is 19.9 Å². The van der Waals surface area contributed by atoms with Gasteiger partial charge in [-0.05, 0) is 34.1 Å². The fourth-order valence-corrected chi connectivity index (χ4v) is 1.41. The number of methoxy groups -OCH3 is 1. The number of amides is 1. The molecule has 1 amide bonds. The summed E-state index contributed by atoms with van der Waals surface area (Å²) in [7, 11) is 1.52. The van der Waals surface area contributed by atoms with Crippen molar-refractivity contribution in [2.45, 2.75) is 51.7 Å². The zero-order valence-corrected chi connectivity index (χ0v) is 11.7. The van der Waals surface area contributed by atoms with Gasteiger partial charge in [-0.25, -0.2) is 4.79 Å². The summed E-state index contributed by atoms with van der Waals surface area (Å²) in [6.45, 7) is 7.26. The number of carboxylic acid groups (broad SMARTS) is 1. The van der Waals surface area contributed by atoms with Crippen molar-refractivity contribution >= 4 is 12.1 Å². The third-order valence-electron chi connectivity index (χ3n) is 2.20. The number of nitrogens with one attached hydrogen (secondary N) is 1. The van der Waals surface area contributed by atoms with Gasteiger partial charge in [0.2, 0.25) is 0 Å². The number of carboxylic acids is 1. The predicted octanol–water partition coefficient (Wildman–Crippen LogP) is 1.78. The Morgan fingerprint density at radius 1 is 1.22 bits per heavy atom. The van der Waals surface area contributed by atoms with E-state index < -0.39 is 23.2 Å². The molecule has 18 heavy (non-hydrogen) atoms. The SMILES string of the molecule is COCCC(C)(CC(=O)O)NC(=O)OC(C)(C)C. The van der Waals surface area contributed by atoms with Crippen molar-refractivity contribution in [2.75, 3.05) is 13.7 Å². The highest BCUT2D eigenvalue weighted by Crippen LogP contribution is 2.17. The first-order chi connectivity index (χ1) is 8.08. The van der Waals surface area contributed by atoms with Crippen molar-refractivity contribution in [2.24, 2.45) is 0 Å². The van der Waals surface area contributed by atoms with Crippen LogP contribution in [0.4, 0.5) is 4.79 Å². The number of aliphatic carboxylic acids is 1. The Morgan fingerprint density at radius 3 is 2.17 bits per heavy atom. The molecule has 0 spiro atoms. The third kappa shape index (κ3) is 7.89. The van der Waals surface area contributed by atoms with Crippen LogP contribution < -0.4 is 5.32 Å². The molecule has 0 saturated heterocycles. The fourth-order valence-electron chi connectivity index (χ4n) is 1.41. The van der Waals surface area contributed by atoms with Crippen molar-refractivity contribution < 1.29 is 24.2 Å². The quantitative estimate of drug-likeness (QED) is 0.761. The Bertz CT molecular complexity index is 297. The van der Waals surface area contributed by atoms with Gasteiger partial charge in [0.15, 0.2) is 0 Å². The van der Waals surface area contributed by atoms with Crippen molar-refractivity contribution in [3.05, 3.63) is 0 Å². The van der Waals surface area contributed by atoms with Crippen LogP contribution >= 0.6 is 0 Å². The third-order valence-corrected chi connectivity index (χ3v) is 2.20. The molecule has 0 radical (unpaired) electrons. The average Bonchev–Trinajstić information content (AvgIpc) is 2.09. The van der Waals surface area contributed by atoms with Gasteiger partial charge >= 0.3 is 12.1 Å². The van der Waals surface area contributed by atoms with E-state index in [1.807, 2.05) is 0 Å². The van der Waals surface area contributed by atoms with E-state index in [9.17, 15) is 9.59 Å². The first-order valence-corrected chi connectivity index (χ1v) is 5.80. The summed E-state index contributed by atoms with van der Waals surface area (Å²) in [5.41, 5.74) is -1.50. The van der Waals surface area contributed by atoms with Crippen LogP contribution in [0, 0.1) is 0 Å². The predicted molar refractivity (Wildman–Crippen MR) is 66.5 cm³/mol. The maximum atomic E-state index is 11.7. The molecule has 0 aromatic carbocycles. The molecule has 1 atom stereocenters. The summed E-state index contributed by atoms with van der Waals surface area (Å²) >= 11 is 0. The minimum atomic E-state index is -0.982. The van der Waals surface area contributed by atoms with Gasteiger partial charge in [-0.2, -0.15) is 0 Å². The Kier molecular flexibility index (Phi) is 6.11. The second-order valence-corrected chi connectivity index (χ2v) is 5.50. The number of rotatable bonds is 6. The van der Waals surface area contributed by atoms with Crippen LogP contribution in [-0.4, -0.2) is 42.0 Å². The monoisotopic (exact) mass is 261 g/mol. The maximum absolute atomic E-state index is 11.7. The highest BCUT2D eigenvalue weighted by Gasteiger charge is 2.31. The van der Waals surface area contributed by atoms with Crippen LogP contribution in [0.25, 0.3) is 0 Å². The van der Waals surface area contributed by atoms with Gasteiger partial charge in [-0.1, -0.05) is 0 Å². The lowest BCUT2D eigenvalue weighted by Crippen LogP contribution is -2.49. The van der Waals surface area contributed by atoms with Crippen molar-refractivity contribution in [1.29, 1.82) is 0 Å². The van der Waals surface area contributed by atoms with E-state index >= 15 is 0 Å². The second-order valence-electron chi connectivity index (χ2n) is 5.50. The molecule has 2 N–H and O–H groups in total. The molecule has 0 aliphatic rings. The number of hydrogen-bond donors (Lipinski definition) is 2. The Balaban J connectivity index is 4.57. The largest absolute Gasteiger partial charge is 0.481 e. The molecule has 0 aliphatic carbocycles. The molecule has 0 aromatic rings. The molecule has 0 aliphatic heterocycles. The molecule has 0 heterocycles. The molecular weight excluding hydrogens is 238 g/mol. The number of alkyl carbamates (subject to hydrolysis) is 1. The van der Waals surface area contributed by atoms with E-state index in [-0.39, 0.29) is 6.42 Å². The lowest BCUT2D eigenvalue weighted by Gasteiger charge is -2.30. The Morgan fingerprint density at radius 2 is 1.78 bits per heavy atom. The Labute approximate surface area is 108 Å². The van der Waals surface area contributed by atoms with E-state index in [1.54, 1.807) is 27.7 Å².